The van der Waals surface area contributed by atoms with Gasteiger partial charge in [0.05, 0.1) is 11.6 Å². The third-order valence-corrected chi connectivity index (χ3v) is 4.72. The molecule has 0 bridgehead atoms. The standard InChI is InChI=1S/C18H20N4O/c19-10-13-3-1-4-14(9-13)11-22-8-2-5-16(12-22)17-20-18(23-21-17)15-6-7-15/h1,3-4,9,15-16H,2,5-8,11-12H2/t16-/m1/s1. The fourth-order valence-electron chi connectivity index (χ4n) is 3.32. The van der Waals surface area contributed by atoms with Crippen LogP contribution in [0.1, 0.15) is 60.4 Å². The van der Waals surface area contributed by atoms with E-state index in [4.69, 9.17) is 9.78 Å². The van der Waals surface area contributed by atoms with E-state index in [0.717, 1.165) is 49.8 Å². The molecule has 0 N–H and O–H groups in total. The first-order chi connectivity index (χ1) is 11.3. The number of nitriles is 1. The molecule has 118 valence electrons. The lowest BCUT2D eigenvalue weighted by Gasteiger charge is -2.31. The van der Waals surface area contributed by atoms with Gasteiger partial charge in [-0.1, -0.05) is 17.3 Å². The van der Waals surface area contributed by atoms with E-state index in [1.165, 1.54) is 18.4 Å². The summed E-state index contributed by atoms with van der Waals surface area (Å²) in [5.41, 5.74) is 1.92. The van der Waals surface area contributed by atoms with Crippen molar-refractivity contribution in [3.8, 4) is 6.07 Å². The Labute approximate surface area is 135 Å². The van der Waals surface area contributed by atoms with E-state index in [1.54, 1.807) is 0 Å². The minimum absolute atomic E-state index is 0.360. The average Bonchev–Trinajstić information content (AvgIpc) is 3.32. The molecule has 0 unspecified atom stereocenters. The van der Waals surface area contributed by atoms with Gasteiger partial charge in [-0.05, 0) is 49.9 Å². The van der Waals surface area contributed by atoms with Crippen molar-refractivity contribution in [1.29, 1.82) is 5.26 Å². The van der Waals surface area contributed by atoms with Gasteiger partial charge >= 0.3 is 0 Å². The van der Waals surface area contributed by atoms with Crippen molar-refractivity contribution in [1.82, 2.24) is 15.0 Å². The highest BCUT2D eigenvalue weighted by atomic mass is 16.5. The molecule has 1 aromatic carbocycles. The van der Waals surface area contributed by atoms with Gasteiger partial charge in [0.25, 0.3) is 0 Å². The lowest BCUT2D eigenvalue weighted by molar-refractivity contribution is 0.194. The van der Waals surface area contributed by atoms with E-state index >= 15 is 0 Å². The summed E-state index contributed by atoms with van der Waals surface area (Å²) in [4.78, 5) is 7.05. The molecule has 1 saturated carbocycles. The zero-order valence-electron chi connectivity index (χ0n) is 13.1. The van der Waals surface area contributed by atoms with Gasteiger partial charge < -0.3 is 4.52 Å². The molecule has 1 aliphatic heterocycles. The fourth-order valence-corrected chi connectivity index (χ4v) is 3.32. The molecule has 1 atom stereocenters. The normalized spacial score (nSPS) is 22.0. The Morgan fingerprint density at radius 2 is 2.17 bits per heavy atom. The smallest absolute Gasteiger partial charge is 0.229 e. The molecule has 0 spiro atoms. The minimum atomic E-state index is 0.360. The molecule has 2 aliphatic rings. The monoisotopic (exact) mass is 308 g/mol. The first-order valence-corrected chi connectivity index (χ1v) is 8.37. The van der Waals surface area contributed by atoms with Gasteiger partial charge in [-0.25, -0.2) is 0 Å². The number of hydrogen-bond donors (Lipinski definition) is 0. The lowest BCUT2D eigenvalue weighted by Crippen LogP contribution is -2.34. The molecule has 5 heteroatoms. The molecule has 0 amide bonds. The predicted octanol–water partition coefficient (Wildman–Crippen LogP) is 3.20. The van der Waals surface area contributed by atoms with Crippen LogP contribution in [-0.2, 0) is 6.54 Å². The molecule has 23 heavy (non-hydrogen) atoms. The number of likely N-dealkylation sites (tertiary alicyclic amines) is 1. The van der Waals surface area contributed by atoms with Crippen LogP contribution in [0.3, 0.4) is 0 Å². The van der Waals surface area contributed by atoms with Gasteiger partial charge in [-0.15, -0.1) is 0 Å². The maximum absolute atomic E-state index is 9.02. The van der Waals surface area contributed by atoms with E-state index < -0.39 is 0 Å². The molecule has 1 aromatic heterocycles. The molecule has 5 nitrogen and oxygen atoms in total. The van der Waals surface area contributed by atoms with Gasteiger partial charge in [0, 0.05) is 24.9 Å². The van der Waals surface area contributed by atoms with Crippen molar-refractivity contribution in [2.75, 3.05) is 13.1 Å². The van der Waals surface area contributed by atoms with Crippen LogP contribution in [0.15, 0.2) is 28.8 Å². The van der Waals surface area contributed by atoms with E-state index in [-0.39, 0.29) is 0 Å². The number of benzene rings is 1. The van der Waals surface area contributed by atoms with E-state index in [2.05, 4.69) is 27.2 Å². The second kappa shape index (κ2) is 6.13. The Balaban J connectivity index is 1.42. The van der Waals surface area contributed by atoms with Crippen LogP contribution < -0.4 is 0 Å². The number of piperidine rings is 1. The highest BCUT2D eigenvalue weighted by molar-refractivity contribution is 5.32. The molecule has 4 rings (SSSR count). The third kappa shape index (κ3) is 3.27. The lowest BCUT2D eigenvalue weighted by atomic mass is 9.97. The summed E-state index contributed by atoms with van der Waals surface area (Å²) in [5.74, 6) is 2.59. The van der Waals surface area contributed by atoms with Crippen LogP contribution in [0.2, 0.25) is 0 Å². The summed E-state index contributed by atoms with van der Waals surface area (Å²) in [6, 6.07) is 10.1. The molecule has 2 heterocycles. The molecule has 1 saturated heterocycles. The number of hydrogen-bond acceptors (Lipinski definition) is 5. The van der Waals surface area contributed by atoms with Crippen LogP contribution in [0.4, 0.5) is 0 Å². The van der Waals surface area contributed by atoms with E-state index in [1.807, 2.05) is 18.2 Å². The van der Waals surface area contributed by atoms with Gasteiger partial charge in [0.15, 0.2) is 5.82 Å². The summed E-state index contributed by atoms with van der Waals surface area (Å²) < 4.78 is 5.41. The molecular formula is C18H20N4O. The van der Waals surface area contributed by atoms with Crippen molar-refractivity contribution >= 4 is 0 Å². The van der Waals surface area contributed by atoms with Crippen molar-refractivity contribution in [3.63, 3.8) is 0 Å². The molecule has 2 fully saturated rings. The van der Waals surface area contributed by atoms with Gasteiger partial charge in [-0.3, -0.25) is 4.90 Å². The minimum Gasteiger partial charge on any atom is -0.339 e. The molecular weight excluding hydrogens is 288 g/mol. The van der Waals surface area contributed by atoms with Crippen molar-refractivity contribution in [3.05, 3.63) is 47.1 Å². The summed E-state index contributed by atoms with van der Waals surface area (Å²) in [7, 11) is 0. The third-order valence-electron chi connectivity index (χ3n) is 4.72. The van der Waals surface area contributed by atoms with E-state index in [0.29, 0.717) is 11.8 Å². The van der Waals surface area contributed by atoms with E-state index in [9.17, 15) is 0 Å². The quantitative estimate of drug-likeness (QED) is 0.867. The summed E-state index contributed by atoms with van der Waals surface area (Å²) in [6.45, 7) is 2.92. The van der Waals surface area contributed by atoms with Gasteiger partial charge in [-0.2, -0.15) is 10.2 Å². The Hall–Kier alpha value is -2.19. The average molecular weight is 308 g/mol. The number of nitrogens with zero attached hydrogens (tertiary/aromatic N) is 4. The molecule has 0 radical (unpaired) electrons. The zero-order chi connectivity index (χ0) is 15.6. The first-order valence-electron chi connectivity index (χ1n) is 8.37. The SMILES string of the molecule is N#Cc1cccc(CN2CCC[C@@H](c3noc(C4CC4)n3)C2)c1. The first kappa shape index (κ1) is 14.4. The summed E-state index contributed by atoms with van der Waals surface area (Å²) in [5, 5.41) is 13.2. The fraction of sp³-hybridized carbons (Fsp3) is 0.500. The van der Waals surface area contributed by atoms with Crippen molar-refractivity contribution in [2.45, 2.75) is 44.1 Å². The van der Waals surface area contributed by atoms with Crippen LogP contribution in [0, 0.1) is 11.3 Å². The topological polar surface area (TPSA) is 66.0 Å². The van der Waals surface area contributed by atoms with Crippen LogP contribution >= 0.6 is 0 Å². The summed E-state index contributed by atoms with van der Waals surface area (Å²) >= 11 is 0. The zero-order valence-corrected chi connectivity index (χ0v) is 13.1. The van der Waals surface area contributed by atoms with Gasteiger partial charge in [0.1, 0.15) is 0 Å². The Morgan fingerprint density at radius 1 is 1.26 bits per heavy atom. The second-order valence-electron chi connectivity index (χ2n) is 6.65. The summed E-state index contributed by atoms with van der Waals surface area (Å²) in [6.07, 6.45) is 4.65. The van der Waals surface area contributed by atoms with Crippen LogP contribution in [0.25, 0.3) is 0 Å². The number of rotatable bonds is 4. The Kier molecular flexibility index (Phi) is 3.84. The highest BCUT2D eigenvalue weighted by Crippen LogP contribution is 2.39. The Bertz CT molecular complexity index is 729. The second-order valence-corrected chi connectivity index (χ2v) is 6.65. The maximum Gasteiger partial charge on any atom is 0.229 e. The Morgan fingerprint density at radius 3 is 3.00 bits per heavy atom. The number of aromatic nitrogens is 2. The maximum atomic E-state index is 9.02. The molecule has 2 aromatic rings. The highest BCUT2D eigenvalue weighted by Gasteiger charge is 2.32. The molecule has 1 aliphatic carbocycles. The van der Waals surface area contributed by atoms with Crippen molar-refractivity contribution in [2.24, 2.45) is 0 Å². The largest absolute Gasteiger partial charge is 0.339 e. The van der Waals surface area contributed by atoms with Gasteiger partial charge in [0.2, 0.25) is 5.89 Å². The predicted molar refractivity (Wildman–Crippen MR) is 84.7 cm³/mol. The van der Waals surface area contributed by atoms with Crippen LogP contribution in [-0.4, -0.2) is 28.1 Å². The van der Waals surface area contributed by atoms with Crippen molar-refractivity contribution < 1.29 is 4.52 Å². The van der Waals surface area contributed by atoms with Crippen LogP contribution in [0.5, 0.6) is 0 Å².